The third kappa shape index (κ3) is 3.20. The molecule has 0 unspecified atom stereocenters. The van der Waals surface area contributed by atoms with Crippen molar-refractivity contribution in [3.63, 3.8) is 0 Å². The molecule has 0 saturated carbocycles. The van der Waals surface area contributed by atoms with Crippen LogP contribution in [0.4, 0.5) is 0 Å². The Morgan fingerprint density at radius 3 is 2.63 bits per heavy atom. The molecule has 19 heavy (non-hydrogen) atoms. The first-order valence-corrected chi connectivity index (χ1v) is 7.84. The summed E-state index contributed by atoms with van der Waals surface area (Å²) in [6.45, 7) is 4.93. The number of halogens is 1. The van der Waals surface area contributed by atoms with Crippen molar-refractivity contribution in [3.8, 4) is 0 Å². The second-order valence-corrected chi connectivity index (χ2v) is 6.30. The summed E-state index contributed by atoms with van der Waals surface area (Å²) in [7, 11) is 4.08. The number of aromatic nitrogens is 2. The highest BCUT2D eigenvalue weighted by molar-refractivity contribution is 9.10. The van der Waals surface area contributed by atoms with Crippen molar-refractivity contribution in [2.75, 3.05) is 26.8 Å². The summed E-state index contributed by atoms with van der Waals surface area (Å²) in [5.41, 5.74) is 2.77. The Morgan fingerprint density at radius 1 is 1.42 bits per heavy atom. The molecule has 2 rings (SSSR count). The molecule has 4 nitrogen and oxygen atoms in total. The summed E-state index contributed by atoms with van der Waals surface area (Å²) >= 11 is 3.73. The second kappa shape index (κ2) is 6.37. The van der Waals surface area contributed by atoms with Gasteiger partial charge in [-0.1, -0.05) is 6.92 Å². The molecule has 0 atom stereocenters. The van der Waals surface area contributed by atoms with E-state index < -0.39 is 0 Å². The summed E-state index contributed by atoms with van der Waals surface area (Å²) in [5, 5.41) is 7.96. The van der Waals surface area contributed by atoms with Gasteiger partial charge in [-0.25, -0.2) is 0 Å². The fourth-order valence-electron chi connectivity index (χ4n) is 2.96. The van der Waals surface area contributed by atoms with E-state index in [1.165, 1.54) is 10.2 Å². The van der Waals surface area contributed by atoms with E-state index in [0.717, 1.165) is 51.1 Å². The van der Waals surface area contributed by atoms with Crippen LogP contribution in [-0.2, 0) is 24.6 Å². The van der Waals surface area contributed by atoms with Crippen LogP contribution in [0.15, 0.2) is 4.47 Å². The molecule has 1 aromatic rings. The van der Waals surface area contributed by atoms with Crippen LogP contribution in [0.5, 0.6) is 0 Å². The summed E-state index contributed by atoms with van der Waals surface area (Å²) < 4.78 is 8.77. The molecule has 0 spiro atoms. The van der Waals surface area contributed by atoms with Gasteiger partial charge in [0.05, 0.1) is 15.9 Å². The van der Waals surface area contributed by atoms with Crippen LogP contribution in [0, 0.1) is 5.41 Å². The van der Waals surface area contributed by atoms with E-state index in [-0.39, 0.29) is 0 Å². The first kappa shape index (κ1) is 15.0. The molecule has 1 aromatic heterocycles. The van der Waals surface area contributed by atoms with Crippen LogP contribution in [-0.4, -0.2) is 36.6 Å². The normalized spacial score (nSPS) is 18.7. The van der Waals surface area contributed by atoms with Crippen molar-refractivity contribution in [2.24, 2.45) is 12.5 Å². The summed E-state index contributed by atoms with van der Waals surface area (Å²) in [6, 6.07) is 0. The van der Waals surface area contributed by atoms with Gasteiger partial charge in [0, 0.05) is 26.8 Å². The summed E-state index contributed by atoms with van der Waals surface area (Å²) in [4.78, 5) is 0. The number of nitrogens with zero attached hydrogens (tertiary/aromatic N) is 2. The van der Waals surface area contributed by atoms with Crippen LogP contribution >= 0.6 is 15.9 Å². The van der Waals surface area contributed by atoms with Gasteiger partial charge in [-0.2, -0.15) is 5.10 Å². The third-order valence-electron chi connectivity index (χ3n) is 4.15. The lowest BCUT2D eigenvalue weighted by molar-refractivity contribution is 0.0149. The van der Waals surface area contributed by atoms with Gasteiger partial charge in [-0.3, -0.25) is 4.68 Å². The lowest BCUT2D eigenvalue weighted by Crippen LogP contribution is -2.40. The Morgan fingerprint density at radius 2 is 2.11 bits per heavy atom. The Balaban J connectivity index is 2.23. The Kier molecular flexibility index (Phi) is 5.03. The summed E-state index contributed by atoms with van der Waals surface area (Å²) in [6.07, 6.45) is 4.26. The molecule has 1 aliphatic rings. The van der Waals surface area contributed by atoms with E-state index in [9.17, 15) is 0 Å². The molecule has 0 aromatic carbocycles. The minimum Gasteiger partial charge on any atom is -0.381 e. The zero-order chi connectivity index (χ0) is 13.9. The van der Waals surface area contributed by atoms with E-state index in [1.54, 1.807) is 0 Å². The SMILES string of the molecule is CCc1nn(C)c(CC2(CNC)CCOCC2)c1Br. The predicted octanol–water partition coefficient (Wildman–Crippen LogP) is 2.30. The molecule has 108 valence electrons. The largest absolute Gasteiger partial charge is 0.381 e. The first-order chi connectivity index (χ1) is 9.12. The minimum atomic E-state index is 0.300. The maximum absolute atomic E-state index is 5.53. The number of hydrogen-bond acceptors (Lipinski definition) is 3. The van der Waals surface area contributed by atoms with Gasteiger partial charge in [0.25, 0.3) is 0 Å². The van der Waals surface area contributed by atoms with Gasteiger partial charge in [0.15, 0.2) is 0 Å². The van der Waals surface area contributed by atoms with Gasteiger partial charge >= 0.3 is 0 Å². The van der Waals surface area contributed by atoms with Crippen LogP contribution in [0.2, 0.25) is 0 Å². The van der Waals surface area contributed by atoms with Crippen molar-refractivity contribution < 1.29 is 4.74 Å². The molecular weight excluding hydrogens is 306 g/mol. The van der Waals surface area contributed by atoms with E-state index in [2.05, 4.69) is 33.3 Å². The smallest absolute Gasteiger partial charge is 0.0766 e. The van der Waals surface area contributed by atoms with Gasteiger partial charge in [-0.15, -0.1) is 0 Å². The minimum absolute atomic E-state index is 0.300. The third-order valence-corrected chi connectivity index (χ3v) is 5.07. The zero-order valence-electron chi connectivity index (χ0n) is 12.1. The molecule has 1 saturated heterocycles. The predicted molar refractivity (Wildman–Crippen MR) is 80.4 cm³/mol. The van der Waals surface area contributed by atoms with Crippen molar-refractivity contribution >= 4 is 15.9 Å². The number of aryl methyl sites for hydroxylation is 2. The standard InChI is InChI=1S/C14H24BrN3O/c1-4-11-13(15)12(18(3)17-11)9-14(10-16-2)5-7-19-8-6-14/h16H,4-10H2,1-3H3. The van der Waals surface area contributed by atoms with Crippen LogP contribution in [0.1, 0.15) is 31.2 Å². The van der Waals surface area contributed by atoms with E-state index in [0.29, 0.717) is 5.41 Å². The fraction of sp³-hybridized carbons (Fsp3) is 0.786. The van der Waals surface area contributed by atoms with Crippen LogP contribution < -0.4 is 5.32 Å². The fourth-order valence-corrected chi connectivity index (χ4v) is 3.72. The highest BCUT2D eigenvalue weighted by atomic mass is 79.9. The van der Waals surface area contributed by atoms with Gasteiger partial charge in [0.2, 0.25) is 0 Å². The molecule has 0 bridgehead atoms. The Labute approximate surface area is 124 Å². The first-order valence-electron chi connectivity index (χ1n) is 7.04. The molecule has 1 N–H and O–H groups in total. The molecule has 0 aliphatic carbocycles. The summed E-state index contributed by atoms with van der Waals surface area (Å²) in [5.74, 6) is 0. The lowest BCUT2D eigenvalue weighted by atomic mass is 9.76. The number of ether oxygens (including phenoxy) is 1. The lowest BCUT2D eigenvalue weighted by Gasteiger charge is -2.37. The molecule has 0 radical (unpaired) electrons. The maximum Gasteiger partial charge on any atom is 0.0766 e. The van der Waals surface area contributed by atoms with Crippen molar-refractivity contribution in [1.29, 1.82) is 0 Å². The molecule has 1 aliphatic heterocycles. The Bertz CT molecular complexity index is 419. The molecule has 0 amide bonds. The average Bonchev–Trinajstić information content (AvgIpc) is 2.67. The van der Waals surface area contributed by atoms with Gasteiger partial charge < -0.3 is 10.1 Å². The highest BCUT2D eigenvalue weighted by Crippen LogP contribution is 2.36. The topological polar surface area (TPSA) is 39.1 Å². The van der Waals surface area contributed by atoms with Gasteiger partial charge in [-0.05, 0) is 54.1 Å². The highest BCUT2D eigenvalue weighted by Gasteiger charge is 2.34. The van der Waals surface area contributed by atoms with Crippen molar-refractivity contribution in [1.82, 2.24) is 15.1 Å². The number of hydrogen-bond donors (Lipinski definition) is 1. The molecule has 1 fully saturated rings. The van der Waals surface area contributed by atoms with E-state index in [1.807, 2.05) is 18.8 Å². The van der Waals surface area contributed by atoms with Crippen molar-refractivity contribution in [3.05, 3.63) is 15.9 Å². The average molecular weight is 330 g/mol. The van der Waals surface area contributed by atoms with E-state index in [4.69, 9.17) is 4.74 Å². The molecule has 5 heteroatoms. The van der Waals surface area contributed by atoms with E-state index >= 15 is 0 Å². The van der Waals surface area contributed by atoms with Gasteiger partial charge in [0.1, 0.15) is 0 Å². The number of nitrogens with one attached hydrogen (secondary N) is 1. The molecular formula is C14H24BrN3O. The number of rotatable bonds is 5. The Hall–Kier alpha value is -0.390. The monoisotopic (exact) mass is 329 g/mol. The quantitative estimate of drug-likeness (QED) is 0.900. The van der Waals surface area contributed by atoms with Crippen LogP contribution in [0.3, 0.4) is 0 Å². The zero-order valence-corrected chi connectivity index (χ0v) is 13.7. The van der Waals surface area contributed by atoms with Crippen molar-refractivity contribution in [2.45, 2.75) is 32.6 Å². The molecule has 2 heterocycles. The second-order valence-electron chi connectivity index (χ2n) is 5.50. The maximum atomic E-state index is 5.53. The van der Waals surface area contributed by atoms with Crippen LogP contribution in [0.25, 0.3) is 0 Å².